The van der Waals surface area contributed by atoms with Gasteiger partial charge in [0.15, 0.2) is 5.96 Å². The molecule has 32 heavy (non-hydrogen) atoms. The lowest BCUT2D eigenvalue weighted by molar-refractivity contribution is -0.142. The molecule has 0 atom stereocenters. The Labute approximate surface area is 191 Å². The van der Waals surface area contributed by atoms with E-state index in [1.807, 2.05) is 87.6 Å². The summed E-state index contributed by atoms with van der Waals surface area (Å²) in [5.41, 5.74) is 1.96. The fourth-order valence-corrected chi connectivity index (χ4v) is 2.61. The van der Waals surface area contributed by atoms with Gasteiger partial charge in [0.05, 0.1) is 13.2 Å². The zero-order chi connectivity index (χ0) is 23.8. The molecule has 2 rings (SSSR count). The third kappa shape index (κ3) is 10.0. The zero-order valence-corrected chi connectivity index (χ0v) is 19.9. The number of hydrogen-bond acceptors (Lipinski definition) is 5. The molecule has 174 valence electrons. The maximum atomic E-state index is 11.8. The highest BCUT2D eigenvalue weighted by Gasteiger charge is 2.11. The minimum Gasteiger partial charge on any atom is -0.489 e. The summed E-state index contributed by atoms with van der Waals surface area (Å²) in [4.78, 5) is 17.7. The number of guanidine groups is 1. The van der Waals surface area contributed by atoms with E-state index in [9.17, 15) is 4.79 Å². The van der Waals surface area contributed by atoms with E-state index in [1.54, 1.807) is 20.0 Å². The quantitative estimate of drug-likeness (QED) is 0.220. The molecule has 2 aromatic carbocycles. The topological polar surface area (TPSA) is 72.4 Å². The third-order valence-corrected chi connectivity index (χ3v) is 4.06. The summed E-state index contributed by atoms with van der Waals surface area (Å²) >= 11 is 0. The van der Waals surface area contributed by atoms with Gasteiger partial charge in [-0.1, -0.05) is 42.5 Å². The minimum absolute atomic E-state index is 0.206. The fourth-order valence-electron chi connectivity index (χ4n) is 2.61. The first-order chi connectivity index (χ1) is 15.4. The van der Waals surface area contributed by atoms with Gasteiger partial charge in [0.25, 0.3) is 0 Å². The number of aliphatic imine (C=N–C) groups is 1. The molecule has 2 aromatic rings. The van der Waals surface area contributed by atoms with Crippen molar-refractivity contribution in [3.05, 3.63) is 71.5 Å². The Hall–Kier alpha value is -3.48. The number of ether oxygens (including phenoxy) is 3. The summed E-state index contributed by atoms with van der Waals surface area (Å²) < 4.78 is 16.1. The van der Waals surface area contributed by atoms with Gasteiger partial charge in [-0.05, 0) is 43.2 Å². The van der Waals surface area contributed by atoms with Crippen molar-refractivity contribution in [3.63, 3.8) is 0 Å². The molecule has 0 saturated carbocycles. The highest BCUT2D eigenvalue weighted by molar-refractivity contribution is 5.91. The van der Waals surface area contributed by atoms with E-state index in [1.165, 1.54) is 0 Å². The molecule has 0 aliphatic heterocycles. The van der Waals surface area contributed by atoms with Crippen molar-refractivity contribution < 1.29 is 19.0 Å². The van der Waals surface area contributed by atoms with Crippen molar-refractivity contribution in [1.82, 2.24) is 10.2 Å². The molecular formula is C25H35N3O4. The lowest BCUT2D eigenvalue weighted by Crippen LogP contribution is -2.33. The van der Waals surface area contributed by atoms with Crippen LogP contribution in [-0.4, -0.2) is 58.2 Å². The molecule has 0 fully saturated rings. The van der Waals surface area contributed by atoms with Gasteiger partial charge in [0.1, 0.15) is 12.4 Å². The van der Waals surface area contributed by atoms with Crippen LogP contribution in [0.15, 0.2) is 65.3 Å². The van der Waals surface area contributed by atoms with E-state index in [4.69, 9.17) is 14.2 Å². The maximum Gasteiger partial charge on any atom is 0.373 e. The van der Waals surface area contributed by atoms with Gasteiger partial charge in [0.2, 0.25) is 5.76 Å². The SMILES string of the molecule is CCOC(=O)C(=Cc1ccc(OCc2ccccc2)cc1)OCC.CN=C(NC)N(C)C. The Morgan fingerprint density at radius 2 is 1.62 bits per heavy atom. The van der Waals surface area contributed by atoms with Crippen molar-refractivity contribution in [2.45, 2.75) is 20.5 Å². The summed E-state index contributed by atoms with van der Waals surface area (Å²) in [7, 11) is 7.49. The molecule has 7 nitrogen and oxygen atoms in total. The summed E-state index contributed by atoms with van der Waals surface area (Å²) in [5.74, 6) is 1.41. The van der Waals surface area contributed by atoms with Crippen LogP contribution in [0.4, 0.5) is 0 Å². The van der Waals surface area contributed by atoms with Crippen LogP contribution >= 0.6 is 0 Å². The molecule has 0 aromatic heterocycles. The molecule has 0 bridgehead atoms. The molecule has 0 radical (unpaired) electrons. The predicted octanol–water partition coefficient (Wildman–Crippen LogP) is 3.96. The minimum atomic E-state index is -0.455. The van der Waals surface area contributed by atoms with Crippen LogP contribution in [0.3, 0.4) is 0 Å². The normalized spacial score (nSPS) is 11.1. The number of esters is 1. The Bertz CT molecular complexity index is 847. The van der Waals surface area contributed by atoms with E-state index in [0.29, 0.717) is 19.8 Å². The Morgan fingerprint density at radius 3 is 2.09 bits per heavy atom. The molecule has 1 N–H and O–H groups in total. The summed E-state index contributed by atoms with van der Waals surface area (Å²) in [6.45, 7) is 4.83. The third-order valence-electron chi connectivity index (χ3n) is 4.06. The smallest absolute Gasteiger partial charge is 0.373 e. The van der Waals surface area contributed by atoms with Crippen molar-refractivity contribution in [3.8, 4) is 5.75 Å². The molecule has 0 amide bonds. The summed E-state index contributed by atoms with van der Waals surface area (Å²) in [6.07, 6.45) is 1.67. The average molecular weight is 442 g/mol. The van der Waals surface area contributed by atoms with Gasteiger partial charge >= 0.3 is 5.97 Å². The molecule has 0 spiro atoms. The lowest BCUT2D eigenvalue weighted by Gasteiger charge is -2.12. The van der Waals surface area contributed by atoms with Crippen molar-refractivity contribution in [2.75, 3.05) is 41.4 Å². The molecule has 0 saturated heterocycles. The molecule has 0 aliphatic carbocycles. The van der Waals surface area contributed by atoms with Crippen molar-refractivity contribution in [2.24, 2.45) is 4.99 Å². The van der Waals surface area contributed by atoms with Gasteiger partial charge in [-0.2, -0.15) is 0 Å². The van der Waals surface area contributed by atoms with Crippen LogP contribution in [0.1, 0.15) is 25.0 Å². The molecule has 0 unspecified atom stereocenters. The standard InChI is InChI=1S/C20H22O4.C5H13N3/c1-3-22-19(20(21)23-4-2)14-16-10-12-18(13-11-16)24-15-17-8-6-5-7-9-17;1-6-5(7-2)8(3)4/h5-14H,3-4,15H2,1-2H3;1-4H3,(H,6,7). The lowest BCUT2D eigenvalue weighted by atomic mass is 10.2. The molecule has 7 heteroatoms. The van der Waals surface area contributed by atoms with E-state index < -0.39 is 5.97 Å². The first kappa shape index (κ1) is 26.6. The Kier molecular flexibility index (Phi) is 12.7. The number of benzene rings is 2. The number of rotatable bonds is 8. The molecular weight excluding hydrogens is 406 g/mol. The van der Waals surface area contributed by atoms with Crippen LogP contribution < -0.4 is 10.1 Å². The maximum absolute atomic E-state index is 11.8. The molecule has 0 aliphatic rings. The van der Waals surface area contributed by atoms with Gasteiger partial charge in [-0.25, -0.2) is 4.79 Å². The van der Waals surface area contributed by atoms with Crippen molar-refractivity contribution >= 4 is 18.0 Å². The number of hydrogen-bond donors (Lipinski definition) is 1. The van der Waals surface area contributed by atoms with Crippen molar-refractivity contribution in [1.29, 1.82) is 0 Å². The van der Waals surface area contributed by atoms with Crippen LogP contribution in [-0.2, 0) is 20.9 Å². The number of carbonyl (C=O) groups is 1. The van der Waals surface area contributed by atoms with Crippen LogP contribution in [0, 0.1) is 0 Å². The van der Waals surface area contributed by atoms with Crippen LogP contribution in [0.25, 0.3) is 6.08 Å². The van der Waals surface area contributed by atoms with Gasteiger partial charge in [-0.3, -0.25) is 4.99 Å². The van der Waals surface area contributed by atoms with Gasteiger partial charge < -0.3 is 24.4 Å². The zero-order valence-electron chi connectivity index (χ0n) is 19.9. The number of nitrogens with one attached hydrogen (secondary N) is 1. The Morgan fingerprint density at radius 1 is 1.00 bits per heavy atom. The van der Waals surface area contributed by atoms with Gasteiger partial charge in [0, 0.05) is 28.2 Å². The van der Waals surface area contributed by atoms with E-state index in [-0.39, 0.29) is 5.76 Å². The van der Waals surface area contributed by atoms with Crippen LogP contribution in [0.5, 0.6) is 5.75 Å². The fraction of sp³-hybridized carbons (Fsp3) is 0.360. The van der Waals surface area contributed by atoms with Gasteiger partial charge in [-0.15, -0.1) is 0 Å². The van der Waals surface area contributed by atoms with Crippen LogP contribution in [0.2, 0.25) is 0 Å². The highest BCUT2D eigenvalue weighted by atomic mass is 16.6. The first-order valence-corrected chi connectivity index (χ1v) is 10.5. The van der Waals surface area contributed by atoms with E-state index in [2.05, 4.69) is 10.3 Å². The average Bonchev–Trinajstić information content (AvgIpc) is 2.80. The summed E-state index contributed by atoms with van der Waals surface area (Å²) in [6, 6.07) is 17.5. The monoisotopic (exact) mass is 441 g/mol. The second-order valence-corrected chi connectivity index (χ2v) is 6.70. The largest absolute Gasteiger partial charge is 0.489 e. The summed E-state index contributed by atoms with van der Waals surface area (Å²) in [5, 5.41) is 2.93. The first-order valence-electron chi connectivity index (χ1n) is 10.5. The van der Waals surface area contributed by atoms with E-state index >= 15 is 0 Å². The highest BCUT2D eigenvalue weighted by Crippen LogP contribution is 2.17. The predicted molar refractivity (Wildman–Crippen MR) is 130 cm³/mol. The molecule has 0 heterocycles. The second kappa shape index (κ2) is 15.3. The Balaban J connectivity index is 0.000000547. The number of nitrogens with zero attached hydrogens (tertiary/aromatic N) is 2. The number of carbonyl (C=O) groups excluding carboxylic acids is 1. The second-order valence-electron chi connectivity index (χ2n) is 6.70. The van der Waals surface area contributed by atoms with E-state index in [0.717, 1.165) is 22.8 Å².